The van der Waals surface area contributed by atoms with Crippen molar-refractivity contribution < 1.29 is 0 Å². The highest BCUT2D eigenvalue weighted by Gasteiger charge is 2.42. The molecule has 0 bridgehead atoms. The van der Waals surface area contributed by atoms with Crippen LogP contribution in [0.3, 0.4) is 0 Å². The number of nitrogens with two attached hydrogens (primary N) is 1. The first-order valence-corrected chi connectivity index (χ1v) is 8.16. The Morgan fingerprint density at radius 3 is 2.50 bits per heavy atom. The van der Waals surface area contributed by atoms with E-state index in [9.17, 15) is 0 Å². The van der Waals surface area contributed by atoms with Gasteiger partial charge >= 0.3 is 0 Å². The van der Waals surface area contributed by atoms with Gasteiger partial charge in [0.2, 0.25) is 0 Å². The van der Waals surface area contributed by atoms with Gasteiger partial charge in [-0.1, -0.05) is 33.1 Å². The minimum Gasteiger partial charge on any atom is -0.327 e. The van der Waals surface area contributed by atoms with Crippen molar-refractivity contribution in [2.24, 2.45) is 29.4 Å². The molecular formula is C16H30N2. The zero-order valence-corrected chi connectivity index (χ0v) is 12.1. The highest BCUT2D eigenvalue weighted by Crippen LogP contribution is 2.40. The molecule has 0 radical (unpaired) electrons. The first-order valence-electron chi connectivity index (χ1n) is 8.16. The molecule has 6 unspecified atom stereocenters. The third kappa shape index (κ3) is 2.22. The lowest BCUT2D eigenvalue weighted by molar-refractivity contribution is 0.0961. The fourth-order valence-corrected chi connectivity index (χ4v) is 4.89. The van der Waals surface area contributed by atoms with Crippen LogP contribution in [0.15, 0.2) is 0 Å². The van der Waals surface area contributed by atoms with Crippen LogP contribution in [0.4, 0.5) is 0 Å². The molecule has 6 atom stereocenters. The van der Waals surface area contributed by atoms with Crippen LogP contribution in [-0.2, 0) is 0 Å². The van der Waals surface area contributed by atoms with E-state index in [1.165, 1.54) is 51.6 Å². The number of nitrogens with zero attached hydrogens (tertiary/aromatic N) is 1. The van der Waals surface area contributed by atoms with Crippen LogP contribution in [0.2, 0.25) is 0 Å². The van der Waals surface area contributed by atoms with Gasteiger partial charge in [0, 0.05) is 25.2 Å². The first-order chi connectivity index (χ1) is 8.66. The number of likely N-dealkylation sites (tertiary alicyclic amines) is 1. The van der Waals surface area contributed by atoms with E-state index >= 15 is 0 Å². The fourth-order valence-electron chi connectivity index (χ4n) is 4.89. The molecule has 104 valence electrons. The zero-order chi connectivity index (χ0) is 12.7. The summed E-state index contributed by atoms with van der Waals surface area (Å²) in [5, 5.41) is 0. The molecule has 0 aromatic carbocycles. The Labute approximate surface area is 112 Å². The molecular weight excluding hydrogens is 220 g/mol. The molecule has 2 saturated carbocycles. The molecule has 3 fully saturated rings. The van der Waals surface area contributed by atoms with Crippen LogP contribution in [0.5, 0.6) is 0 Å². The monoisotopic (exact) mass is 250 g/mol. The van der Waals surface area contributed by atoms with E-state index in [4.69, 9.17) is 5.73 Å². The van der Waals surface area contributed by atoms with Gasteiger partial charge in [-0.2, -0.15) is 0 Å². The third-order valence-corrected chi connectivity index (χ3v) is 6.32. The van der Waals surface area contributed by atoms with Crippen LogP contribution < -0.4 is 5.73 Å². The first kappa shape index (κ1) is 12.9. The van der Waals surface area contributed by atoms with Crippen molar-refractivity contribution in [2.75, 3.05) is 13.1 Å². The molecule has 3 rings (SSSR count). The molecule has 0 aromatic rings. The maximum Gasteiger partial charge on any atom is 0.0124 e. The summed E-state index contributed by atoms with van der Waals surface area (Å²) >= 11 is 0. The summed E-state index contributed by atoms with van der Waals surface area (Å²) < 4.78 is 0. The molecule has 2 aliphatic carbocycles. The van der Waals surface area contributed by atoms with Crippen molar-refractivity contribution in [1.29, 1.82) is 0 Å². The van der Waals surface area contributed by atoms with E-state index in [0.717, 1.165) is 29.7 Å². The summed E-state index contributed by atoms with van der Waals surface area (Å²) in [6, 6.07) is 1.34. The molecule has 3 aliphatic rings. The Bertz CT molecular complexity index is 291. The van der Waals surface area contributed by atoms with Crippen LogP contribution in [0.25, 0.3) is 0 Å². The predicted octanol–water partition coefficient (Wildman–Crippen LogP) is 2.87. The van der Waals surface area contributed by atoms with E-state index in [1.54, 1.807) is 0 Å². The molecule has 2 heteroatoms. The number of hydrogen-bond acceptors (Lipinski definition) is 2. The van der Waals surface area contributed by atoms with Crippen LogP contribution >= 0.6 is 0 Å². The van der Waals surface area contributed by atoms with E-state index in [-0.39, 0.29) is 0 Å². The fraction of sp³-hybridized carbons (Fsp3) is 1.00. The standard InChI is InChI=1S/C16H30N2/c1-11-5-3-8-16(12(11)2)18-9-13-6-4-7-15(17)14(13)10-18/h11-16H,3-10,17H2,1-2H3. The minimum atomic E-state index is 0.491. The van der Waals surface area contributed by atoms with Gasteiger partial charge < -0.3 is 5.73 Å². The zero-order valence-electron chi connectivity index (χ0n) is 12.1. The Morgan fingerprint density at radius 2 is 1.72 bits per heavy atom. The lowest BCUT2D eigenvalue weighted by atomic mass is 9.77. The highest BCUT2D eigenvalue weighted by molar-refractivity contribution is 4.97. The Balaban J connectivity index is 1.67. The molecule has 0 spiro atoms. The van der Waals surface area contributed by atoms with Gasteiger partial charge in [0.15, 0.2) is 0 Å². The number of fused-ring (bicyclic) bond motifs is 1. The van der Waals surface area contributed by atoms with Crippen LogP contribution in [0.1, 0.15) is 52.4 Å². The largest absolute Gasteiger partial charge is 0.327 e. The number of rotatable bonds is 1. The molecule has 2 nitrogen and oxygen atoms in total. The summed E-state index contributed by atoms with van der Waals surface area (Å²) in [6.45, 7) is 7.58. The van der Waals surface area contributed by atoms with Gasteiger partial charge in [-0.05, 0) is 42.9 Å². The molecule has 18 heavy (non-hydrogen) atoms. The summed E-state index contributed by atoms with van der Waals surface area (Å²) in [5.41, 5.74) is 6.35. The molecule has 1 saturated heterocycles. The maximum absolute atomic E-state index is 6.35. The van der Waals surface area contributed by atoms with E-state index < -0.39 is 0 Å². The summed E-state index contributed by atoms with van der Waals surface area (Å²) in [7, 11) is 0. The average Bonchev–Trinajstić information content (AvgIpc) is 2.78. The summed E-state index contributed by atoms with van der Waals surface area (Å²) in [4.78, 5) is 2.82. The molecule has 1 heterocycles. The smallest absolute Gasteiger partial charge is 0.0124 e. The van der Waals surface area contributed by atoms with Gasteiger partial charge in [0.25, 0.3) is 0 Å². The van der Waals surface area contributed by atoms with Crippen molar-refractivity contribution in [3.8, 4) is 0 Å². The van der Waals surface area contributed by atoms with Gasteiger partial charge in [-0.25, -0.2) is 0 Å². The summed E-state index contributed by atoms with van der Waals surface area (Å²) in [6.07, 6.45) is 8.38. The van der Waals surface area contributed by atoms with Crippen molar-refractivity contribution >= 4 is 0 Å². The highest BCUT2D eigenvalue weighted by atomic mass is 15.2. The minimum absolute atomic E-state index is 0.491. The summed E-state index contributed by atoms with van der Waals surface area (Å²) in [5.74, 6) is 3.52. The van der Waals surface area contributed by atoms with Crippen LogP contribution in [0, 0.1) is 23.7 Å². The Morgan fingerprint density at radius 1 is 0.944 bits per heavy atom. The molecule has 0 aromatic heterocycles. The van der Waals surface area contributed by atoms with Gasteiger partial charge in [0.05, 0.1) is 0 Å². The predicted molar refractivity (Wildman–Crippen MR) is 76.3 cm³/mol. The second-order valence-electron chi connectivity index (χ2n) is 7.31. The van der Waals surface area contributed by atoms with Crippen molar-refractivity contribution in [2.45, 2.75) is 64.5 Å². The van der Waals surface area contributed by atoms with Gasteiger partial charge in [0.1, 0.15) is 0 Å². The van der Waals surface area contributed by atoms with Crippen LogP contribution in [-0.4, -0.2) is 30.1 Å². The van der Waals surface area contributed by atoms with E-state index in [0.29, 0.717) is 6.04 Å². The number of hydrogen-bond donors (Lipinski definition) is 1. The van der Waals surface area contributed by atoms with Gasteiger partial charge in [-0.3, -0.25) is 4.90 Å². The maximum atomic E-state index is 6.35. The second-order valence-corrected chi connectivity index (χ2v) is 7.31. The SMILES string of the molecule is CC1CCCC(N2CC3CCCC(N)C3C2)C1C. The lowest BCUT2D eigenvalue weighted by Gasteiger charge is -2.40. The topological polar surface area (TPSA) is 29.3 Å². The third-order valence-electron chi connectivity index (χ3n) is 6.32. The van der Waals surface area contributed by atoms with E-state index in [1.807, 2.05) is 0 Å². The van der Waals surface area contributed by atoms with Crippen molar-refractivity contribution in [1.82, 2.24) is 4.90 Å². The Hall–Kier alpha value is -0.0800. The average molecular weight is 250 g/mol. The normalized spacial score (nSPS) is 50.2. The van der Waals surface area contributed by atoms with Crippen molar-refractivity contribution in [3.63, 3.8) is 0 Å². The van der Waals surface area contributed by atoms with Crippen molar-refractivity contribution in [3.05, 3.63) is 0 Å². The lowest BCUT2D eigenvalue weighted by Crippen LogP contribution is -2.43. The molecule has 2 N–H and O–H groups in total. The molecule has 1 aliphatic heterocycles. The Kier molecular flexibility index (Phi) is 3.68. The second kappa shape index (κ2) is 5.13. The quantitative estimate of drug-likeness (QED) is 0.775. The molecule has 0 amide bonds. The van der Waals surface area contributed by atoms with E-state index in [2.05, 4.69) is 18.7 Å². The van der Waals surface area contributed by atoms with Gasteiger partial charge in [-0.15, -0.1) is 0 Å².